The zero-order valence-corrected chi connectivity index (χ0v) is 12.7. The van der Waals surface area contributed by atoms with Gasteiger partial charge in [0.25, 0.3) is 0 Å². The molecule has 1 aliphatic carbocycles. The first-order valence-corrected chi connectivity index (χ1v) is 6.99. The minimum Gasteiger partial charge on any atom is -0.481 e. The number of benzene rings is 1. The van der Waals surface area contributed by atoms with E-state index in [9.17, 15) is 14.0 Å². The highest BCUT2D eigenvalue weighted by Gasteiger charge is 2.65. The molecular weight excluding hydrogens is 329 g/mol. The highest BCUT2D eigenvalue weighted by Crippen LogP contribution is 2.58. The molecule has 0 radical (unpaired) electrons. The van der Waals surface area contributed by atoms with E-state index in [-0.39, 0.29) is 12.5 Å². The molecule has 0 saturated heterocycles. The molecule has 0 spiro atoms. The largest absolute Gasteiger partial charge is 0.481 e. The second-order valence-electron chi connectivity index (χ2n) is 5.57. The van der Waals surface area contributed by atoms with E-state index in [1.165, 1.54) is 6.07 Å². The van der Waals surface area contributed by atoms with Gasteiger partial charge in [0.15, 0.2) is 0 Å². The van der Waals surface area contributed by atoms with Crippen molar-refractivity contribution in [2.45, 2.75) is 20.4 Å². The van der Waals surface area contributed by atoms with Crippen molar-refractivity contribution >= 4 is 27.8 Å². The molecule has 4 nitrogen and oxygen atoms in total. The standard InChI is InChI=1S/C14H15BrFNO3/c1-14(2)10(11(14)13(19)20)12(18)17-6-7-5-8(15)3-4-9(7)16/h3-5,10-11H,6H2,1-2H3,(H,17,18)(H,19,20). The first-order chi connectivity index (χ1) is 9.25. The van der Waals surface area contributed by atoms with Crippen LogP contribution in [-0.4, -0.2) is 17.0 Å². The molecule has 1 saturated carbocycles. The lowest BCUT2D eigenvalue weighted by molar-refractivity contribution is -0.140. The molecule has 1 amide bonds. The summed E-state index contributed by atoms with van der Waals surface area (Å²) < 4.78 is 14.2. The molecular formula is C14H15BrFNO3. The quantitative estimate of drug-likeness (QED) is 0.882. The van der Waals surface area contributed by atoms with Gasteiger partial charge < -0.3 is 10.4 Å². The Bertz CT molecular complexity index is 574. The van der Waals surface area contributed by atoms with Crippen molar-refractivity contribution in [1.29, 1.82) is 0 Å². The van der Waals surface area contributed by atoms with E-state index in [0.29, 0.717) is 5.56 Å². The average molecular weight is 344 g/mol. The molecule has 2 rings (SSSR count). The molecule has 6 heteroatoms. The van der Waals surface area contributed by atoms with E-state index in [1.54, 1.807) is 26.0 Å². The zero-order chi connectivity index (χ0) is 15.1. The summed E-state index contributed by atoms with van der Waals surface area (Å²) in [5.74, 6) is -2.95. The molecule has 20 heavy (non-hydrogen) atoms. The third kappa shape index (κ3) is 2.70. The number of carboxylic acids is 1. The van der Waals surface area contributed by atoms with Crippen LogP contribution in [0.3, 0.4) is 0 Å². The Morgan fingerprint density at radius 1 is 1.40 bits per heavy atom. The van der Waals surface area contributed by atoms with E-state index in [0.717, 1.165) is 4.47 Å². The van der Waals surface area contributed by atoms with Gasteiger partial charge in [-0.1, -0.05) is 29.8 Å². The molecule has 1 aliphatic rings. The molecule has 0 aliphatic heterocycles. The lowest BCUT2D eigenvalue weighted by Gasteiger charge is -2.07. The topological polar surface area (TPSA) is 66.4 Å². The second kappa shape index (κ2) is 5.16. The minimum atomic E-state index is -0.969. The second-order valence-corrected chi connectivity index (χ2v) is 6.48. The van der Waals surface area contributed by atoms with Gasteiger partial charge in [-0.05, 0) is 23.6 Å². The molecule has 108 valence electrons. The number of aliphatic carboxylic acids is 1. The number of amides is 1. The summed E-state index contributed by atoms with van der Waals surface area (Å²) in [6, 6.07) is 4.47. The van der Waals surface area contributed by atoms with Crippen molar-refractivity contribution in [3.05, 3.63) is 34.1 Å². The van der Waals surface area contributed by atoms with Crippen molar-refractivity contribution in [2.75, 3.05) is 0 Å². The van der Waals surface area contributed by atoms with Gasteiger partial charge >= 0.3 is 5.97 Å². The summed E-state index contributed by atoms with van der Waals surface area (Å²) in [7, 11) is 0. The maximum Gasteiger partial charge on any atom is 0.307 e. The van der Waals surface area contributed by atoms with E-state index in [4.69, 9.17) is 5.11 Å². The van der Waals surface area contributed by atoms with E-state index in [2.05, 4.69) is 21.2 Å². The highest BCUT2D eigenvalue weighted by atomic mass is 79.9. The molecule has 2 atom stereocenters. The molecule has 0 aromatic heterocycles. The molecule has 0 bridgehead atoms. The number of halogens is 2. The first kappa shape index (κ1) is 15.0. The van der Waals surface area contributed by atoms with Crippen LogP contribution in [0.5, 0.6) is 0 Å². The van der Waals surface area contributed by atoms with Gasteiger partial charge in [-0.25, -0.2) is 4.39 Å². The molecule has 1 aromatic rings. The van der Waals surface area contributed by atoms with Crippen LogP contribution in [0.1, 0.15) is 19.4 Å². The van der Waals surface area contributed by atoms with Crippen LogP contribution in [0.4, 0.5) is 4.39 Å². The van der Waals surface area contributed by atoms with Gasteiger partial charge in [0.05, 0.1) is 11.8 Å². The fraction of sp³-hybridized carbons (Fsp3) is 0.429. The van der Waals surface area contributed by atoms with Crippen LogP contribution in [0.15, 0.2) is 22.7 Å². The monoisotopic (exact) mass is 343 g/mol. The normalized spacial score (nSPS) is 23.2. The summed E-state index contributed by atoms with van der Waals surface area (Å²) in [6.45, 7) is 3.54. The van der Waals surface area contributed by atoms with Crippen molar-refractivity contribution in [3.8, 4) is 0 Å². The Morgan fingerprint density at radius 2 is 2.05 bits per heavy atom. The van der Waals surface area contributed by atoms with E-state index < -0.39 is 29.0 Å². The third-order valence-corrected chi connectivity index (χ3v) is 4.33. The average Bonchev–Trinajstić information content (AvgIpc) is 2.93. The Kier molecular flexibility index (Phi) is 3.86. The number of hydrogen-bond acceptors (Lipinski definition) is 2. The number of carbonyl (C=O) groups is 2. The minimum absolute atomic E-state index is 0.0447. The van der Waals surface area contributed by atoms with Crippen LogP contribution in [0.25, 0.3) is 0 Å². The van der Waals surface area contributed by atoms with Gasteiger partial charge in [-0.2, -0.15) is 0 Å². The maximum atomic E-state index is 13.5. The summed E-state index contributed by atoms with van der Waals surface area (Å²) in [4.78, 5) is 23.0. The third-order valence-electron chi connectivity index (χ3n) is 3.84. The van der Waals surface area contributed by atoms with Gasteiger partial charge in [-0.15, -0.1) is 0 Å². The van der Waals surface area contributed by atoms with Crippen LogP contribution < -0.4 is 5.32 Å². The predicted octanol–water partition coefficient (Wildman–Crippen LogP) is 2.56. The zero-order valence-electron chi connectivity index (χ0n) is 11.1. The summed E-state index contributed by atoms with van der Waals surface area (Å²) in [5.41, 5.74) is -0.191. The fourth-order valence-corrected chi connectivity index (χ4v) is 2.97. The van der Waals surface area contributed by atoms with Crippen LogP contribution in [0, 0.1) is 23.1 Å². The number of nitrogens with one attached hydrogen (secondary N) is 1. The highest BCUT2D eigenvalue weighted by molar-refractivity contribution is 9.10. The van der Waals surface area contributed by atoms with E-state index >= 15 is 0 Å². The lowest BCUT2D eigenvalue weighted by atomic mass is 10.1. The molecule has 1 aromatic carbocycles. The van der Waals surface area contributed by atoms with Gasteiger partial charge in [-0.3, -0.25) is 9.59 Å². The lowest BCUT2D eigenvalue weighted by Crippen LogP contribution is -2.27. The predicted molar refractivity (Wildman–Crippen MR) is 74.3 cm³/mol. The molecule has 0 heterocycles. The molecule has 1 fully saturated rings. The number of carbonyl (C=O) groups excluding carboxylic acids is 1. The SMILES string of the molecule is CC1(C)C(C(=O)O)C1C(=O)NCc1cc(Br)ccc1F. The number of rotatable bonds is 4. The Morgan fingerprint density at radius 3 is 2.60 bits per heavy atom. The summed E-state index contributed by atoms with van der Waals surface area (Å²) in [6.07, 6.45) is 0. The van der Waals surface area contributed by atoms with Gasteiger partial charge in [0, 0.05) is 16.6 Å². The van der Waals surface area contributed by atoms with Crippen LogP contribution >= 0.6 is 15.9 Å². The van der Waals surface area contributed by atoms with E-state index in [1.807, 2.05) is 0 Å². The summed E-state index contributed by atoms with van der Waals surface area (Å²) in [5, 5.41) is 11.6. The van der Waals surface area contributed by atoms with Gasteiger partial charge in [0.2, 0.25) is 5.91 Å². The van der Waals surface area contributed by atoms with Crippen LogP contribution in [0.2, 0.25) is 0 Å². The van der Waals surface area contributed by atoms with Crippen molar-refractivity contribution in [3.63, 3.8) is 0 Å². The molecule has 2 unspecified atom stereocenters. The van der Waals surface area contributed by atoms with Crippen LogP contribution in [-0.2, 0) is 16.1 Å². The Hall–Kier alpha value is -1.43. The first-order valence-electron chi connectivity index (χ1n) is 6.19. The van der Waals surface area contributed by atoms with Crippen molar-refractivity contribution < 1.29 is 19.1 Å². The fourth-order valence-electron chi connectivity index (χ4n) is 2.56. The Balaban J connectivity index is 2.00. The number of carboxylic acid groups (broad SMARTS) is 1. The maximum absolute atomic E-state index is 13.5. The Labute approximate surface area is 124 Å². The smallest absolute Gasteiger partial charge is 0.307 e. The van der Waals surface area contributed by atoms with Gasteiger partial charge in [0.1, 0.15) is 5.82 Å². The van der Waals surface area contributed by atoms with Crippen molar-refractivity contribution in [1.82, 2.24) is 5.32 Å². The number of hydrogen-bond donors (Lipinski definition) is 2. The van der Waals surface area contributed by atoms with Crippen molar-refractivity contribution in [2.24, 2.45) is 17.3 Å². The summed E-state index contributed by atoms with van der Waals surface area (Å²) >= 11 is 3.23. The molecule has 2 N–H and O–H groups in total.